The van der Waals surface area contributed by atoms with Crippen LogP contribution in [0.15, 0.2) is 12.1 Å². The standard InChI is InChI=1S/C20H32N2O7Si/c1-20(2,30(5,6)27)11-13-7-8-21(16(13)12-23)19(24)14-9-17(28-3)18(29-4)10-15(14)22(25)26/h9-10,13,16,23,27H,7-8,11-12H2,1-6H3/t13-,16-/m1/s1. The minimum absolute atomic E-state index is 0.00734. The van der Waals surface area contributed by atoms with Gasteiger partial charge in [-0.15, -0.1) is 0 Å². The van der Waals surface area contributed by atoms with Gasteiger partial charge in [0.15, 0.2) is 19.8 Å². The largest absolute Gasteiger partial charge is 0.493 e. The van der Waals surface area contributed by atoms with Crippen LogP contribution in [0.1, 0.15) is 37.0 Å². The molecule has 0 radical (unpaired) electrons. The number of amides is 1. The fourth-order valence-electron chi connectivity index (χ4n) is 3.91. The monoisotopic (exact) mass is 440 g/mol. The topological polar surface area (TPSA) is 122 Å². The van der Waals surface area contributed by atoms with Crippen molar-refractivity contribution in [3.05, 3.63) is 27.8 Å². The van der Waals surface area contributed by atoms with Gasteiger partial charge in [0.1, 0.15) is 5.56 Å². The highest BCUT2D eigenvalue weighted by Gasteiger charge is 2.45. The number of ether oxygens (including phenoxy) is 2. The molecule has 9 nitrogen and oxygen atoms in total. The fourth-order valence-corrected chi connectivity index (χ4v) is 4.67. The van der Waals surface area contributed by atoms with Gasteiger partial charge in [0.05, 0.1) is 37.9 Å². The Morgan fingerprint density at radius 1 is 1.30 bits per heavy atom. The molecule has 2 N–H and O–H groups in total. The van der Waals surface area contributed by atoms with Crippen molar-refractivity contribution in [1.29, 1.82) is 0 Å². The predicted molar refractivity (Wildman–Crippen MR) is 115 cm³/mol. The van der Waals surface area contributed by atoms with Crippen molar-refractivity contribution in [2.45, 2.75) is 50.9 Å². The van der Waals surface area contributed by atoms with E-state index in [0.29, 0.717) is 19.4 Å². The summed E-state index contributed by atoms with van der Waals surface area (Å²) >= 11 is 0. The zero-order valence-corrected chi connectivity index (χ0v) is 19.5. The number of carbonyl (C=O) groups excluding carboxylic acids is 1. The second-order valence-electron chi connectivity index (χ2n) is 8.93. The summed E-state index contributed by atoms with van der Waals surface area (Å²) in [6, 6.07) is 2.02. The minimum atomic E-state index is -2.46. The molecule has 0 aromatic heterocycles. The lowest BCUT2D eigenvalue weighted by Gasteiger charge is -2.38. The molecule has 0 spiro atoms. The summed E-state index contributed by atoms with van der Waals surface area (Å²) in [5, 5.41) is 21.3. The first-order chi connectivity index (χ1) is 13.9. The molecule has 1 saturated heterocycles. The molecule has 1 amide bonds. The van der Waals surface area contributed by atoms with E-state index in [4.69, 9.17) is 9.47 Å². The van der Waals surface area contributed by atoms with E-state index in [1.54, 1.807) is 0 Å². The highest BCUT2D eigenvalue weighted by atomic mass is 28.4. The van der Waals surface area contributed by atoms with Gasteiger partial charge in [-0.25, -0.2) is 0 Å². The Labute approximate surface area is 177 Å². The highest BCUT2D eigenvalue weighted by Crippen LogP contribution is 2.45. The number of aliphatic hydroxyl groups is 1. The van der Waals surface area contributed by atoms with Gasteiger partial charge in [0, 0.05) is 12.6 Å². The number of nitro groups is 1. The molecule has 0 unspecified atom stereocenters. The molecule has 1 aromatic carbocycles. The normalized spacial score (nSPS) is 19.7. The summed E-state index contributed by atoms with van der Waals surface area (Å²) in [6.45, 7) is 7.91. The van der Waals surface area contributed by atoms with Crippen molar-refractivity contribution >= 4 is 19.9 Å². The van der Waals surface area contributed by atoms with Crippen LogP contribution in [0.25, 0.3) is 0 Å². The number of methoxy groups -OCH3 is 2. The summed E-state index contributed by atoms with van der Waals surface area (Å²) in [7, 11) is 0.297. The van der Waals surface area contributed by atoms with E-state index >= 15 is 0 Å². The Bertz CT molecular complexity index is 807. The van der Waals surface area contributed by atoms with Crippen LogP contribution in [0, 0.1) is 16.0 Å². The molecule has 2 rings (SSSR count). The van der Waals surface area contributed by atoms with Crippen LogP contribution in [0.3, 0.4) is 0 Å². The maximum Gasteiger partial charge on any atom is 0.286 e. The number of carbonyl (C=O) groups is 1. The van der Waals surface area contributed by atoms with Crippen molar-refractivity contribution in [3.63, 3.8) is 0 Å². The molecule has 0 saturated carbocycles. The molecular formula is C20H32N2O7Si. The van der Waals surface area contributed by atoms with Crippen molar-refractivity contribution in [2.75, 3.05) is 27.4 Å². The maximum atomic E-state index is 13.3. The van der Waals surface area contributed by atoms with Gasteiger partial charge in [-0.2, -0.15) is 0 Å². The number of benzene rings is 1. The zero-order valence-electron chi connectivity index (χ0n) is 18.5. The Kier molecular flexibility index (Phi) is 7.15. The third-order valence-corrected chi connectivity index (χ3v) is 10.0. The fraction of sp³-hybridized carbons (Fsp3) is 0.650. The van der Waals surface area contributed by atoms with Crippen molar-refractivity contribution in [1.82, 2.24) is 4.90 Å². The number of hydrogen-bond donors (Lipinski definition) is 2. The smallest absolute Gasteiger partial charge is 0.286 e. The van der Waals surface area contributed by atoms with E-state index in [2.05, 4.69) is 0 Å². The van der Waals surface area contributed by atoms with Gasteiger partial charge in [0.2, 0.25) is 0 Å². The van der Waals surface area contributed by atoms with Gasteiger partial charge in [-0.3, -0.25) is 14.9 Å². The summed E-state index contributed by atoms with van der Waals surface area (Å²) < 4.78 is 10.3. The van der Waals surface area contributed by atoms with Crippen LogP contribution in [0.5, 0.6) is 11.5 Å². The van der Waals surface area contributed by atoms with E-state index < -0.39 is 25.2 Å². The third-order valence-electron chi connectivity index (χ3n) is 6.49. The number of hydrogen-bond acceptors (Lipinski definition) is 7. The second-order valence-corrected chi connectivity index (χ2v) is 13.4. The zero-order chi connectivity index (χ0) is 22.9. The maximum absolute atomic E-state index is 13.3. The molecule has 1 heterocycles. The molecule has 10 heteroatoms. The lowest BCUT2D eigenvalue weighted by molar-refractivity contribution is -0.385. The van der Waals surface area contributed by atoms with Crippen LogP contribution in [0.2, 0.25) is 18.1 Å². The number of nitrogens with zero attached hydrogens (tertiary/aromatic N) is 2. The Morgan fingerprint density at radius 2 is 1.87 bits per heavy atom. The summed E-state index contributed by atoms with van der Waals surface area (Å²) in [6.07, 6.45) is 1.32. The first-order valence-corrected chi connectivity index (χ1v) is 12.9. The molecule has 30 heavy (non-hydrogen) atoms. The number of aliphatic hydroxyl groups excluding tert-OH is 1. The van der Waals surface area contributed by atoms with Crippen molar-refractivity contribution in [3.8, 4) is 11.5 Å². The lowest BCUT2D eigenvalue weighted by Crippen LogP contribution is -2.44. The van der Waals surface area contributed by atoms with E-state index in [1.807, 2.05) is 26.9 Å². The molecule has 1 aliphatic rings. The molecular weight excluding hydrogens is 408 g/mol. The molecule has 1 fully saturated rings. The van der Waals surface area contributed by atoms with Crippen molar-refractivity contribution in [2.24, 2.45) is 5.92 Å². The second kappa shape index (κ2) is 8.91. The van der Waals surface area contributed by atoms with Crippen LogP contribution in [-0.4, -0.2) is 67.4 Å². The Balaban J connectivity index is 2.38. The van der Waals surface area contributed by atoms with E-state index in [1.165, 1.54) is 31.3 Å². The summed E-state index contributed by atoms with van der Waals surface area (Å²) in [5.41, 5.74) is -0.477. The van der Waals surface area contributed by atoms with Crippen LogP contribution in [-0.2, 0) is 0 Å². The highest BCUT2D eigenvalue weighted by molar-refractivity contribution is 6.72. The molecule has 1 aliphatic heterocycles. The van der Waals surface area contributed by atoms with E-state index in [-0.39, 0.29) is 40.3 Å². The lowest BCUT2D eigenvalue weighted by atomic mass is 9.90. The summed E-state index contributed by atoms with van der Waals surface area (Å²) in [4.78, 5) is 36.4. The predicted octanol–water partition coefficient (Wildman–Crippen LogP) is 2.80. The Morgan fingerprint density at radius 3 is 2.33 bits per heavy atom. The van der Waals surface area contributed by atoms with Crippen molar-refractivity contribution < 1.29 is 29.1 Å². The molecule has 1 aromatic rings. The van der Waals surface area contributed by atoms with Gasteiger partial charge < -0.3 is 24.3 Å². The van der Waals surface area contributed by atoms with Gasteiger partial charge in [-0.05, 0) is 36.9 Å². The molecule has 0 aliphatic carbocycles. The molecule has 2 atom stereocenters. The van der Waals surface area contributed by atoms with Crippen LogP contribution >= 0.6 is 0 Å². The Hall–Kier alpha value is -2.17. The minimum Gasteiger partial charge on any atom is -0.493 e. The average Bonchev–Trinajstić information content (AvgIpc) is 3.06. The third kappa shape index (κ3) is 4.60. The number of nitro benzene ring substituents is 1. The van der Waals surface area contributed by atoms with E-state index in [9.17, 15) is 24.8 Å². The van der Waals surface area contributed by atoms with Crippen LogP contribution < -0.4 is 9.47 Å². The SMILES string of the molecule is COc1cc(C(=O)N2CC[C@H](CC(C)(C)[Si](C)(C)O)[C@H]2CO)c([N+](=O)[O-])cc1OC. The quantitative estimate of drug-likeness (QED) is 0.362. The van der Waals surface area contributed by atoms with Gasteiger partial charge in [0.25, 0.3) is 11.6 Å². The first kappa shape index (κ1) is 24.1. The number of likely N-dealkylation sites (tertiary alicyclic amines) is 1. The number of rotatable bonds is 8. The van der Waals surface area contributed by atoms with Gasteiger partial charge in [-0.1, -0.05) is 13.8 Å². The average molecular weight is 441 g/mol. The van der Waals surface area contributed by atoms with E-state index in [0.717, 1.165) is 0 Å². The van der Waals surface area contributed by atoms with Gasteiger partial charge >= 0.3 is 0 Å². The molecule has 168 valence electrons. The first-order valence-electron chi connectivity index (χ1n) is 9.92. The molecule has 0 bridgehead atoms. The summed E-state index contributed by atoms with van der Waals surface area (Å²) in [5.74, 6) is -0.151. The van der Waals surface area contributed by atoms with Crippen LogP contribution in [0.4, 0.5) is 5.69 Å².